The van der Waals surface area contributed by atoms with Crippen LogP contribution in [-0.4, -0.2) is 29.9 Å². The van der Waals surface area contributed by atoms with Crippen molar-refractivity contribution in [3.63, 3.8) is 0 Å². The summed E-state index contributed by atoms with van der Waals surface area (Å²) in [5, 5.41) is 14.2. The fourth-order valence-corrected chi connectivity index (χ4v) is 5.50. The maximum atomic E-state index is 13.9. The first-order valence-electron chi connectivity index (χ1n) is 11.2. The van der Waals surface area contributed by atoms with Gasteiger partial charge in [-0.05, 0) is 47.0 Å². The number of nitrogens with one attached hydrogen (secondary N) is 1. The van der Waals surface area contributed by atoms with Gasteiger partial charge in [0.2, 0.25) is 5.91 Å². The zero-order valence-electron chi connectivity index (χ0n) is 18.9. The number of carbonyl (C=O) groups excluding carboxylic acids is 2. The molecule has 0 radical (unpaired) electrons. The molecule has 4 atom stereocenters. The summed E-state index contributed by atoms with van der Waals surface area (Å²) in [6.45, 7) is 0. The Bertz CT molecular complexity index is 1350. The molecule has 5 rings (SSSR count). The van der Waals surface area contributed by atoms with E-state index in [1.165, 1.54) is 7.11 Å². The minimum atomic E-state index is -1.67. The first kappa shape index (κ1) is 22.7. The number of nitriles is 1. The van der Waals surface area contributed by atoms with E-state index in [0.717, 1.165) is 11.1 Å². The number of rotatable bonds is 4. The second-order valence-corrected chi connectivity index (χ2v) is 9.03. The van der Waals surface area contributed by atoms with Crippen LogP contribution in [0, 0.1) is 16.7 Å². The molecule has 1 N–H and O–H groups in total. The van der Waals surface area contributed by atoms with Gasteiger partial charge in [0.25, 0.3) is 0 Å². The summed E-state index contributed by atoms with van der Waals surface area (Å²) in [4.78, 5) is 29.2. The minimum absolute atomic E-state index is 0.337. The fourth-order valence-electron chi connectivity index (χ4n) is 5.38. The topological polar surface area (TPSA) is 82.4 Å². The number of esters is 1. The van der Waals surface area contributed by atoms with E-state index in [1.54, 1.807) is 30.5 Å². The number of halogens is 1. The van der Waals surface area contributed by atoms with Crippen molar-refractivity contribution in [1.82, 2.24) is 4.90 Å². The van der Waals surface area contributed by atoms with Crippen molar-refractivity contribution in [2.45, 2.75) is 18.0 Å². The number of nitrogens with zero attached hydrogens (tertiary/aromatic N) is 2. The maximum Gasteiger partial charge on any atom is 0.329 e. The van der Waals surface area contributed by atoms with Crippen LogP contribution in [0.2, 0.25) is 5.02 Å². The molecular formula is C28H22ClN3O3. The number of fused-ring (bicyclic) bond motifs is 3. The molecular weight excluding hydrogens is 462 g/mol. The molecule has 35 heavy (non-hydrogen) atoms. The van der Waals surface area contributed by atoms with Crippen LogP contribution < -0.4 is 5.32 Å². The van der Waals surface area contributed by atoms with Crippen LogP contribution >= 0.6 is 11.6 Å². The van der Waals surface area contributed by atoms with Gasteiger partial charge in [-0.2, -0.15) is 5.26 Å². The van der Waals surface area contributed by atoms with E-state index in [1.807, 2.05) is 65.6 Å². The number of amides is 1. The second-order valence-electron chi connectivity index (χ2n) is 8.60. The van der Waals surface area contributed by atoms with E-state index in [4.69, 9.17) is 16.3 Å². The van der Waals surface area contributed by atoms with Crippen molar-refractivity contribution in [3.8, 4) is 6.07 Å². The van der Waals surface area contributed by atoms with Crippen LogP contribution in [0.4, 0.5) is 5.69 Å². The van der Waals surface area contributed by atoms with Gasteiger partial charge in [-0.3, -0.25) is 9.59 Å². The molecule has 174 valence electrons. The van der Waals surface area contributed by atoms with Gasteiger partial charge in [-0.1, -0.05) is 66.2 Å². The Labute approximate surface area is 208 Å². The van der Waals surface area contributed by atoms with Crippen molar-refractivity contribution in [1.29, 1.82) is 5.26 Å². The second kappa shape index (κ2) is 8.94. The van der Waals surface area contributed by atoms with E-state index in [0.29, 0.717) is 16.3 Å². The Morgan fingerprint density at radius 2 is 1.71 bits per heavy atom. The van der Waals surface area contributed by atoms with Gasteiger partial charge in [0.05, 0.1) is 19.2 Å². The lowest BCUT2D eigenvalue weighted by Gasteiger charge is -2.35. The maximum absolute atomic E-state index is 13.9. The molecule has 0 spiro atoms. The van der Waals surface area contributed by atoms with Crippen LogP contribution in [0.1, 0.15) is 28.7 Å². The summed E-state index contributed by atoms with van der Waals surface area (Å²) in [7, 11) is 1.28. The predicted molar refractivity (Wildman–Crippen MR) is 133 cm³/mol. The molecule has 1 amide bonds. The SMILES string of the molecule is COC(=O)[C@@]1(C#N)C2c3ccccc3C=CN2[C@@H](C(=O)Nc2ccc(Cl)cc2)[C@@H]1c1ccccc1. The van der Waals surface area contributed by atoms with Crippen molar-refractivity contribution in [2.24, 2.45) is 5.41 Å². The summed E-state index contributed by atoms with van der Waals surface area (Å²) in [6, 6.07) is 24.4. The molecule has 0 bridgehead atoms. The fraction of sp³-hybridized carbons (Fsp3) is 0.179. The number of anilines is 1. The number of hydrogen-bond acceptors (Lipinski definition) is 5. The van der Waals surface area contributed by atoms with Gasteiger partial charge in [0.1, 0.15) is 6.04 Å². The largest absolute Gasteiger partial charge is 0.468 e. The lowest BCUT2D eigenvalue weighted by atomic mass is 9.67. The summed E-state index contributed by atoms with van der Waals surface area (Å²) in [6.07, 6.45) is 3.71. The van der Waals surface area contributed by atoms with Crippen molar-refractivity contribution in [2.75, 3.05) is 12.4 Å². The van der Waals surface area contributed by atoms with E-state index >= 15 is 0 Å². The molecule has 2 aliphatic rings. The van der Waals surface area contributed by atoms with Crippen LogP contribution in [0.5, 0.6) is 0 Å². The van der Waals surface area contributed by atoms with Gasteiger partial charge in [0, 0.05) is 22.8 Å². The summed E-state index contributed by atoms with van der Waals surface area (Å²) in [5.41, 5.74) is 1.29. The van der Waals surface area contributed by atoms with Gasteiger partial charge in [-0.15, -0.1) is 0 Å². The number of ether oxygens (including phenoxy) is 1. The lowest BCUT2D eigenvalue weighted by Crippen LogP contribution is -2.42. The molecule has 0 aromatic heterocycles. The normalized spacial score (nSPS) is 24.1. The molecule has 1 saturated heterocycles. The Balaban J connectivity index is 1.72. The predicted octanol–water partition coefficient (Wildman–Crippen LogP) is 5.16. The van der Waals surface area contributed by atoms with Crippen LogP contribution in [-0.2, 0) is 14.3 Å². The average Bonchev–Trinajstić information content (AvgIpc) is 3.22. The van der Waals surface area contributed by atoms with E-state index < -0.39 is 29.4 Å². The molecule has 0 saturated carbocycles. The molecule has 1 unspecified atom stereocenters. The molecule has 2 aliphatic heterocycles. The summed E-state index contributed by atoms with van der Waals surface area (Å²) < 4.78 is 5.25. The molecule has 1 fully saturated rings. The Morgan fingerprint density at radius 3 is 2.40 bits per heavy atom. The van der Waals surface area contributed by atoms with Crippen LogP contribution in [0.3, 0.4) is 0 Å². The smallest absolute Gasteiger partial charge is 0.329 e. The van der Waals surface area contributed by atoms with Gasteiger partial charge in [-0.25, -0.2) is 0 Å². The van der Waals surface area contributed by atoms with E-state index in [2.05, 4.69) is 11.4 Å². The summed E-state index contributed by atoms with van der Waals surface area (Å²) in [5.74, 6) is -1.80. The minimum Gasteiger partial charge on any atom is -0.468 e. The highest BCUT2D eigenvalue weighted by Crippen LogP contribution is 2.60. The zero-order valence-corrected chi connectivity index (χ0v) is 19.6. The Hall–Kier alpha value is -4.08. The molecule has 2 heterocycles. The standard InChI is InChI=1S/C28H22ClN3O3/c1-35-27(34)28(17-30)23(19-8-3-2-4-9-19)24(26(33)31-21-13-11-20(29)12-14-21)32-16-15-18-7-5-6-10-22(18)25(28)32/h2-16,23-25H,1H3,(H,31,33)/t23-,24+,25?,28+/m0/s1. The number of hydrogen-bond donors (Lipinski definition) is 1. The average molecular weight is 484 g/mol. The van der Waals surface area contributed by atoms with Gasteiger partial charge in [0.15, 0.2) is 5.41 Å². The van der Waals surface area contributed by atoms with Crippen molar-refractivity contribution < 1.29 is 14.3 Å². The third-order valence-electron chi connectivity index (χ3n) is 6.82. The summed E-state index contributed by atoms with van der Waals surface area (Å²) >= 11 is 6.01. The number of carbonyl (C=O) groups is 2. The first-order chi connectivity index (χ1) is 17.0. The zero-order chi connectivity index (χ0) is 24.6. The highest BCUT2D eigenvalue weighted by atomic mass is 35.5. The molecule has 3 aromatic carbocycles. The Kier molecular flexibility index (Phi) is 5.80. The first-order valence-corrected chi connectivity index (χ1v) is 11.5. The van der Waals surface area contributed by atoms with Crippen LogP contribution in [0.25, 0.3) is 6.08 Å². The van der Waals surface area contributed by atoms with E-state index in [9.17, 15) is 14.9 Å². The quantitative estimate of drug-likeness (QED) is 0.518. The monoisotopic (exact) mass is 483 g/mol. The van der Waals surface area contributed by atoms with E-state index in [-0.39, 0.29) is 5.91 Å². The van der Waals surface area contributed by atoms with Gasteiger partial charge >= 0.3 is 5.97 Å². The molecule has 3 aromatic rings. The third-order valence-corrected chi connectivity index (χ3v) is 7.07. The lowest BCUT2D eigenvalue weighted by molar-refractivity contribution is -0.151. The van der Waals surface area contributed by atoms with Gasteiger partial charge < -0.3 is 15.0 Å². The number of methoxy groups -OCH3 is 1. The highest BCUT2D eigenvalue weighted by Gasteiger charge is 2.67. The van der Waals surface area contributed by atoms with Crippen molar-refractivity contribution in [3.05, 3.63) is 107 Å². The van der Waals surface area contributed by atoms with Crippen LogP contribution in [0.15, 0.2) is 85.1 Å². The number of benzene rings is 3. The molecule has 0 aliphatic carbocycles. The third kappa shape index (κ3) is 3.56. The molecule has 7 heteroatoms. The Morgan fingerprint density at radius 1 is 1.03 bits per heavy atom. The highest BCUT2D eigenvalue weighted by molar-refractivity contribution is 6.30. The molecule has 6 nitrogen and oxygen atoms in total. The van der Waals surface area contributed by atoms with Crippen molar-refractivity contribution >= 4 is 35.2 Å².